The van der Waals surface area contributed by atoms with Crippen molar-refractivity contribution in [1.82, 2.24) is 4.98 Å². The van der Waals surface area contributed by atoms with Crippen molar-refractivity contribution in [3.05, 3.63) is 10.6 Å². The van der Waals surface area contributed by atoms with E-state index in [2.05, 4.69) is 4.98 Å². The number of hydrogen-bond acceptors (Lipinski definition) is 5. The Morgan fingerprint density at radius 1 is 1.64 bits per heavy atom. The maximum atomic E-state index is 10.9. The monoisotopic (exact) mass is 236 g/mol. The van der Waals surface area contributed by atoms with Crippen molar-refractivity contribution in [3.8, 4) is 0 Å². The normalized spacial score (nSPS) is 14.4. The van der Waals surface area contributed by atoms with Crippen LogP contribution in [0.5, 0.6) is 0 Å². The first-order valence-electron chi connectivity index (χ1n) is 3.86. The molecule has 0 aromatic carbocycles. The Kier molecular flexibility index (Phi) is 3.38. The lowest BCUT2D eigenvalue weighted by molar-refractivity contribution is 0.0796. The number of hydrogen-bond donors (Lipinski definition) is 3. The first-order chi connectivity index (χ1) is 6.36. The van der Waals surface area contributed by atoms with Crippen molar-refractivity contribution >= 4 is 22.3 Å². The van der Waals surface area contributed by atoms with Crippen LogP contribution in [0.2, 0.25) is 0 Å². The molecule has 5 nitrogen and oxygen atoms in total. The molecule has 0 spiro atoms. The molecule has 7 heteroatoms. The van der Waals surface area contributed by atoms with Crippen LogP contribution >= 0.6 is 11.3 Å². The zero-order valence-corrected chi connectivity index (χ0v) is 9.48. The topological polar surface area (TPSA) is 96.4 Å². The largest absolute Gasteiger partial charge is 0.390 e. The highest BCUT2D eigenvalue weighted by molar-refractivity contribution is 7.84. The summed E-state index contributed by atoms with van der Waals surface area (Å²) in [5, 5.41) is 23.8. The zero-order valence-electron chi connectivity index (χ0n) is 7.85. The Labute approximate surface area is 88.2 Å². The summed E-state index contributed by atoms with van der Waals surface area (Å²) < 4.78 is 11.1. The summed E-state index contributed by atoms with van der Waals surface area (Å²) in [5.41, 5.74) is -0.774. The van der Waals surface area contributed by atoms with Crippen LogP contribution < -0.4 is 5.14 Å². The maximum Gasteiger partial charge on any atom is 0.196 e. The van der Waals surface area contributed by atoms with Crippen LogP contribution in [0.25, 0.3) is 0 Å². The molecule has 0 aliphatic carbocycles. The lowest BCUT2D eigenvalue weighted by Gasteiger charge is -2.15. The summed E-state index contributed by atoms with van der Waals surface area (Å²) in [5.74, 6) is 0. The van der Waals surface area contributed by atoms with Gasteiger partial charge in [0.1, 0.15) is 0 Å². The average Bonchev–Trinajstić information content (AvgIpc) is 2.46. The first kappa shape index (κ1) is 11.7. The number of aliphatic hydroxyl groups is 2. The van der Waals surface area contributed by atoms with E-state index >= 15 is 0 Å². The van der Waals surface area contributed by atoms with Crippen LogP contribution in [0.3, 0.4) is 0 Å². The molecule has 0 saturated carbocycles. The molecule has 1 aromatic rings. The highest BCUT2D eigenvalue weighted by Crippen LogP contribution is 2.30. The molecule has 0 amide bonds. The van der Waals surface area contributed by atoms with E-state index in [-0.39, 0.29) is 10.9 Å². The van der Waals surface area contributed by atoms with E-state index in [1.807, 2.05) is 0 Å². The number of thiazole rings is 1. The van der Waals surface area contributed by atoms with Crippen LogP contribution in [0.1, 0.15) is 24.4 Å². The van der Waals surface area contributed by atoms with Gasteiger partial charge in [0, 0.05) is 0 Å². The van der Waals surface area contributed by atoms with Crippen LogP contribution in [0, 0.1) is 0 Å². The molecular formula is C7H12N2O3S2. The first-order valence-corrected chi connectivity index (χ1v) is 5.88. The van der Waals surface area contributed by atoms with E-state index in [0.29, 0.717) is 10.6 Å². The van der Waals surface area contributed by atoms with Crippen molar-refractivity contribution in [2.45, 2.75) is 30.4 Å². The summed E-state index contributed by atoms with van der Waals surface area (Å²) in [7, 11) is -1.67. The van der Waals surface area contributed by atoms with E-state index in [1.165, 1.54) is 0 Å². The van der Waals surface area contributed by atoms with Crippen molar-refractivity contribution in [3.63, 3.8) is 0 Å². The molecule has 0 saturated heterocycles. The van der Waals surface area contributed by atoms with Gasteiger partial charge in [-0.05, 0) is 13.8 Å². The predicted octanol–water partition coefficient (Wildman–Crippen LogP) is -0.156. The Bertz CT molecular complexity index is 356. The van der Waals surface area contributed by atoms with Gasteiger partial charge in [-0.2, -0.15) is 0 Å². The van der Waals surface area contributed by atoms with Gasteiger partial charge in [0.15, 0.2) is 15.3 Å². The second-order valence-electron chi connectivity index (χ2n) is 3.27. The Hall–Kier alpha value is -0.340. The smallest absolute Gasteiger partial charge is 0.196 e. The zero-order chi connectivity index (χ0) is 10.9. The van der Waals surface area contributed by atoms with Crippen LogP contribution in [0.4, 0.5) is 0 Å². The molecule has 0 radical (unpaired) electrons. The van der Waals surface area contributed by atoms with E-state index in [1.54, 1.807) is 13.8 Å². The van der Waals surface area contributed by atoms with Crippen molar-refractivity contribution in [2.24, 2.45) is 5.14 Å². The molecule has 1 unspecified atom stereocenters. The molecule has 80 valence electrons. The fourth-order valence-electron chi connectivity index (χ4n) is 1.00. The van der Waals surface area contributed by atoms with E-state index < -0.39 is 16.6 Å². The average molecular weight is 236 g/mol. The third-order valence-corrected chi connectivity index (χ3v) is 3.94. The molecule has 1 rings (SSSR count). The van der Waals surface area contributed by atoms with Crippen molar-refractivity contribution in [1.29, 1.82) is 0 Å². The van der Waals surface area contributed by atoms with E-state index in [9.17, 15) is 9.32 Å². The van der Waals surface area contributed by atoms with Gasteiger partial charge >= 0.3 is 0 Å². The van der Waals surface area contributed by atoms with Crippen LogP contribution in [-0.4, -0.2) is 19.4 Å². The second kappa shape index (κ2) is 4.03. The molecule has 1 heterocycles. The third-order valence-electron chi connectivity index (χ3n) is 1.56. The van der Waals surface area contributed by atoms with Gasteiger partial charge < -0.3 is 10.2 Å². The summed E-state index contributed by atoms with van der Waals surface area (Å²) in [6.45, 7) is 2.85. The van der Waals surface area contributed by atoms with Crippen molar-refractivity contribution < 1.29 is 14.4 Å². The molecule has 1 aromatic heterocycles. The Morgan fingerprint density at radius 3 is 2.50 bits per heavy atom. The highest BCUT2D eigenvalue weighted by Gasteiger charge is 2.25. The fourth-order valence-corrected chi connectivity index (χ4v) is 2.59. The number of nitrogens with zero attached hydrogens (tertiary/aromatic N) is 1. The standard InChI is InChI=1S/C7H12N2O3S2/c1-7(2,11)5-4(3-10)9-6(13-5)14(8)12/h10-11H,3,8H2,1-2H3. The molecular weight excluding hydrogens is 224 g/mol. The minimum Gasteiger partial charge on any atom is -0.390 e. The molecule has 4 N–H and O–H groups in total. The summed E-state index contributed by atoms with van der Waals surface area (Å²) in [4.78, 5) is 4.37. The van der Waals surface area contributed by atoms with Gasteiger partial charge in [0.25, 0.3) is 0 Å². The molecule has 1 atom stereocenters. The lowest BCUT2D eigenvalue weighted by Crippen LogP contribution is -2.15. The maximum absolute atomic E-state index is 10.9. The van der Waals surface area contributed by atoms with Crippen LogP contribution in [-0.2, 0) is 23.2 Å². The predicted molar refractivity (Wildman–Crippen MR) is 53.9 cm³/mol. The van der Waals surface area contributed by atoms with Gasteiger partial charge in [-0.15, -0.1) is 11.3 Å². The SMILES string of the molecule is CC(C)(O)c1sc(S(N)=O)nc1CO. The highest BCUT2D eigenvalue weighted by atomic mass is 32.2. The fraction of sp³-hybridized carbons (Fsp3) is 0.571. The molecule has 0 aliphatic rings. The molecule has 0 fully saturated rings. The molecule has 14 heavy (non-hydrogen) atoms. The number of aromatic nitrogens is 1. The van der Waals surface area contributed by atoms with Gasteiger partial charge in [-0.3, -0.25) is 0 Å². The summed E-state index contributed by atoms with van der Waals surface area (Å²) in [6.07, 6.45) is 0. The summed E-state index contributed by atoms with van der Waals surface area (Å²) in [6, 6.07) is 0. The van der Waals surface area contributed by atoms with Gasteiger partial charge in [0.05, 0.1) is 22.8 Å². The number of rotatable bonds is 3. The quantitative estimate of drug-likeness (QED) is 0.679. The third kappa shape index (κ3) is 2.37. The summed E-state index contributed by atoms with van der Waals surface area (Å²) >= 11 is 1.05. The van der Waals surface area contributed by atoms with Crippen molar-refractivity contribution in [2.75, 3.05) is 0 Å². The number of aliphatic hydroxyl groups excluding tert-OH is 1. The second-order valence-corrected chi connectivity index (χ2v) is 5.51. The molecule has 0 aliphatic heterocycles. The minimum atomic E-state index is -1.67. The van der Waals surface area contributed by atoms with Crippen LogP contribution in [0.15, 0.2) is 4.34 Å². The van der Waals surface area contributed by atoms with Gasteiger partial charge in [-0.1, -0.05) is 0 Å². The number of nitrogens with two attached hydrogens (primary N) is 1. The van der Waals surface area contributed by atoms with Gasteiger partial charge in [-0.25, -0.2) is 14.3 Å². The Balaban J connectivity index is 3.22. The Morgan fingerprint density at radius 2 is 2.21 bits per heavy atom. The molecule has 0 bridgehead atoms. The van der Waals surface area contributed by atoms with Gasteiger partial charge in [0.2, 0.25) is 0 Å². The lowest BCUT2D eigenvalue weighted by atomic mass is 10.1. The van der Waals surface area contributed by atoms with E-state index in [4.69, 9.17) is 10.2 Å². The van der Waals surface area contributed by atoms with E-state index in [0.717, 1.165) is 11.3 Å². The minimum absolute atomic E-state index is 0.214.